The number of amides is 1. The number of carbonyl (C=O) groups excluding carboxylic acids is 1. The molecule has 0 aromatic heterocycles. The fourth-order valence-electron chi connectivity index (χ4n) is 4.03. The van der Waals surface area contributed by atoms with Gasteiger partial charge in [-0.3, -0.25) is 10.2 Å². The SMILES string of the molecule is CCCCCCOc1ccccc1NC(=O)OC(CN(CC)CC)CN1CCCCC1. The first-order valence-corrected chi connectivity index (χ1v) is 12.3. The van der Waals surface area contributed by atoms with Crippen molar-refractivity contribution in [3.63, 3.8) is 0 Å². The van der Waals surface area contributed by atoms with Crippen LogP contribution in [0.4, 0.5) is 10.5 Å². The molecular formula is C25H43N3O3. The van der Waals surface area contributed by atoms with Gasteiger partial charge >= 0.3 is 6.09 Å². The van der Waals surface area contributed by atoms with Crippen molar-refractivity contribution in [2.24, 2.45) is 0 Å². The number of ether oxygens (including phenoxy) is 2. The zero-order valence-corrected chi connectivity index (χ0v) is 19.9. The molecule has 1 aliphatic rings. The Labute approximate surface area is 189 Å². The van der Waals surface area contributed by atoms with Gasteiger partial charge in [-0.2, -0.15) is 0 Å². The molecule has 1 amide bonds. The van der Waals surface area contributed by atoms with Gasteiger partial charge in [0.2, 0.25) is 0 Å². The van der Waals surface area contributed by atoms with Crippen LogP contribution in [-0.2, 0) is 4.74 Å². The summed E-state index contributed by atoms with van der Waals surface area (Å²) in [4.78, 5) is 17.5. The summed E-state index contributed by atoms with van der Waals surface area (Å²) >= 11 is 0. The van der Waals surface area contributed by atoms with Crippen molar-refractivity contribution in [2.45, 2.75) is 71.8 Å². The molecule has 1 unspecified atom stereocenters. The number of unbranched alkanes of at least 4 members (excludes halogenated alkanes) is 3. The van der Waals surface area contributed by atoms with Gasteiger partial charge in [0.05, 0.1) is 12.3 Å². The highest BCUT2D eigenvalue weighted by atomic mass is 16.6. The first kappa shape index (κ1) is 25.5. The van der Waals surface area contributed by atoms with Crippen LogP contribution < -0.4 is 10.1 Å². The van der Waals surface area contributed by atoms with E-state index in [0.717, 1.165) is 52.1 Å². The summed E-state index contributed by atoms with van der Waals surface area (Å²) in [7, 11) is 0. The van der Waals surface area contributed by atoms with Crippen LogP contribution in [0.25, 0.3) is 0 Å². The number of rotatable bonds is 14. The third-order valence-corrected chi connectivity index (χ3v) is 5.92. The first-order valence-electron chi connectivity index (χ1n) is 12.3. The van der Waals surface area contributed by atoms with Crippen molar-refractivity contribution >= 4 is 11.8 Å². The summed E-state index contributed by atoms with van der Waals surface area (Å²) in [6, 6.07) is 7.60. The van der Waals surface area contributed by atoms with Crippen LogP contribution in [0.1, 0.15) is 65.7 Å². The number of hydrogen-bond donors (Lipinski definition) is 1. The number of nitrogens with one attached hydrogen (secondary N) is 1. The average Bonchev–Trinajstić information content (AvgIpc) is 2.79. The molecule has 6 nitrogen and oxygen atoms in total. The molecule has 1 aromatic carbocycles. The molecule has 1 aromatic rings. The molecule has 0 spiro atoms. The minimum absolute atomic E-state index is 0.153. The number of likely N-dealkylation sites (tertiary alicyclic amines) is 1. The standard InChI is InChI=1S/C25H43N3O3/c1-4-7-8-14-19-30-24-16-11-10-15-23(24)26-25(29)31-22(20-27(5-2)6-3)21-28-17-12-9-13-18-28/h10-11,15-16,22H,4-9,12-14,17-21H2,1-3H3,(H,26,29). The van der Waals surface area contributed by atoms with E-state index in [4.69, 9.17) is 9.47 Å². The lowest BCUT2D eigenvalue weighted by atomic mass is 10.1. The number of piperidine rings is 1. The quantitative estimate of drug-likeness (QED) is 0.399. The van der Waals surface area contributed by atoms with E-state index in [1.165, 1.54) is 32.1 Å². The van der Waals surface area contributed by atoms with Crippen molar-refractivity contribution in [2.75, 3.05) is 51.2 Å². The summed E-state index contributed by atoms with van der Waals surface area (Å²) < 4.78 is 11.8. The van der Waals surface area contributed by atoms with Crippen LogP contribution in [0.15, 0.2) is 24.3 Å². The van der Waals surface area contributed by atoms with Gasteiger partial charge < -0.3 is 14.4 Å². The van der Waals surface area contributed by atoms with Crippen LogP contribution in [-0.4, -0.2) is 67.9 Å². The Morgan fingerprint density at radius 2 is 1.81 bits per heavy atom. The molecule has 1 heterocycles. The molecule has 1 aliphatic heterocycles. The normalized spacial score (nSPS) is 15.6. The van der Waals surface area contributed by atoms with Crippen LogP contribution >= 0.6 is 0 Å². The molecule has 0 saturated carbocycles. The van der Waals surface area contributed by atoms with Crippen molar-refractivity contribution in [1.82, 2.24) is 9.80 Å². The lowest BCUT2D eigenvalue weighted by Gasteiger charge is -2.32. The fraction of sp³-hybridized carbons (Fsp3) is 0.720. The third-order valence-electron chi connectivity index (χ3n) is 5.92. The predicted molar refractivity (Wildman–Crippen MR) is 128 cm³/mol. The largest absolute Gasteiger partial charge is 0.491 e. The number of carbonyl (C=O) groups is 1. The van der Waals surface area contributed by atoms with Gasteiger partial charge in [0.1, 0.15) is 11.9 Å². The molecule has 31 heavy (non-hydrogen) atoms. The highest BCUT2D eigenvalue weighted by molar-refractivity contribution is 5.86. The Morgan fingerprint density at radius 1 is 1.06 bits per heavy atom. The monoisotopic (exact) mass is 433 g/mol. The maximum Gasteiger partial charge on any atom is 0.412 e. The van der Waals surface area contributed by atoms with E-state index in [1.54, 1.807) is 0 Å². The van der Waals surface area contributed by atoms with Gasteiger partial charge in [-0.1, -0.05) is 58.6 Å². The zero-order valence-electron chi connectivity index (χ0n) is 19.9. The van der Waals surface area contributed by atoms with E-state index >= 15 is 0 Å². The molecule has 0 radical (unpaired) electrons. The summed E-state index contributed by atoms with van der Waals surface area (Å²) in [5, 5.41) is 2.92. The Balaban J connectivity index is 1.92. The molecule has 1 fully saturated rings. The number of hydrogen-bond acceptors (Lipinski definition) is 5. The Bertz CT molecular complexity index is 616. The molecule has 0 bridgehead atoms. The Kier molecular flexibility index (Phi) is 12.4. The van der Waals surface area contributed by atoms with Gasteiger partial charge in [0, 0.05) is 13.1 Å². The molecule has 2 rings (SSSR count). The molecule has 6 heteroatoms. The average molecular weight is 434 g/mol. The van der Waals surface area contributed by atoms with Crippen LogP contribution in [0.3, 0.4) is 0 Å². The van der Waals surface area contributed by atoms with Crippen LogP contribution in [0, 0.1) is 0 Å². The summed E-state index contributed by atoms with van der Waals surface area (Å²) in [5.74, 6) is 0.701. The minimum atomic E-state index is -0.406. The van der Waals surface area contributed by atoms with Crippen molar-refractivity contribution in [3.8, 4) is 5.75 Å². The minimum Gasteiger partial charge on any atom is -0.491 e. The van der Waals surface area contributed by atoms with E-state index in [-0.39, 0.29) is 6.10 Å². The van der Waals surface area contributed by atoms with Crippen molar-refractivity contribution < 1.29 is 14.3 Å². The van der Waals surface area contributed by atoms with Gasteiger partial charge in [-0.25, -0.2) is 4.79 Å². The maximum absolute atomic E-state index is 12.8. The predicted octanol–water partition coefficient (Wildman–Crippen LogP) is 5.39. The highest BCUT2D eigenvalue weighted by Crippen LogP contribution is 2.24. The van der Waals surface area contributed by atoms with Gasteiger partial charge in [0.15, 0.2) is 0 Å². The van der Waals surface area contributed by atoms with Crippen LogP contribution in [0.5, 0.6) is 5.75 Å². The molecule has 1 atom stereocenters. The maximum atomic E-state index is 12.8. The molecule has 1 saturated heterocycles. The Hall–Kier alpha value is -1.79. The summed E-state index contributed by atoms with van der Waals surface area (Å²) in [6.45, 7) is 12.8. The van der Waals surface area contributed by atoms with E-state index in [9.17, 15) is 4.79 Å². The smallest absolute Gasteiger partial charge is 0.412 e. The van der Waals surface area contributed by atoms with Crippen LogP contribution in [0.2, 0.25) is 0 Å². The zero-order chi connectivity index (χ0) is 22.3. The van der Waals surface area contributed by atoms with E-state index in [0.29, 0.717) is 18.0 Å². The van der Waals surface area contributed by atoms with E-state index in [2.05, 4.69) is 35.9 Å². The highest BCUT2D eigenvalue weighted by Gasteiger charge is 2.22. The first-order chi connectivity index (χ1) is 15.2. The number of benzene rings is 1. The second kappa shape index (κ2) is 15.1. The van der Waals surface area contributed by atoms with Crippen molar-refractivity contribution in [3.05, 3.63) is 24.3 Å². The third kappa shape index (κ3) is 9.92. The molecule has 0 aliphatic carbocycles. The molecule has 1 N–H and O–H groups in total. The number of likely N-dealkylation sites (N-methyl/N-ethyl adjacent to an activating group) is 1. The topological polar surface area (TPSA) is 54.0 Å². The fourth-order valence-corrected chi connectivity index (χ4v) is 4.03. The number of nitrogens with zero attached hydrogens (tertiary/aromatic N) is 2. The number of anilines is 1. The van der Waals surface area contributed by atoms with Gasteiger partial charge in [-0.15, -0.1) is 0 Å². The lowest BCUT2D eigenvalue weighted by molar-refractivity contribution is 0.0503. The number of para-hydroxylation sites is 2. The second-order valence-electron chi connectivity index (χ2n) is 8.40. The van der Waals surface area contributed by atoms with Gasteiger partial charge in [-0.05, 0) is 57.6 Å². The summed E-state index contributed by atoms with van der Waals surface area (Å²) in [6.07, 6.45) is 7.81. The van der Waals surface area contributed by atoms with Gasteiger partial charge in [0.25, 0.3) is 0 Å². The molecular weight excluding hydrogens is 390 g/mol. The lowest BCUT2D eigenvalue weighted by Crippen LogP contribution is -2.44. The van der Waals surface area contributed by atoms with Crippen molar-refractivity contribution in [1.29, 1.82) is 0 Å². The van der Waals surface area contributed by atoms with E-state index < -0.39 is 6.09 Å². The van der Waals surface area contributed by atoms with E-state index in [1.807, 2.05) is 24.3 Å². The second-order valence-corrected chi connectivity index (χ2v) is 8.40. The summed E-state index contributed by atoms with van der Waals surface area (Å²) in [5.41, 5.74) is 0.669. The molecule has 176 valence electrons. The Morgan fingerprint density at radius 3 is 2.52 bits per heavy atom.